The smallest absolute Gasteiger partial charge is 0.303 e. The number of hydrogen-bond acceptors (Lipinski definition) is 3. The van der Waals surface area contributed by atoms with Crippen molar-refractivity contribution in [2.24, 2.45) is 0 Å². The summed E-state index contributed by atoms with van der Waals surface area (Å²) in [5.74, 6) is -0.653. The SMILES string of the molecule is CCCCCCCCCCCCCCCCCC(=O)O.CCCCN(CCCC)NCCC. The molecule has 0 aromatic rings. The topological polar surface area (TPSA) is 52.6 Å². The van der Waals surface area contributed by atoms with Crippen LogP contribution in [0.4, 0.5) is 0 Å². The van der Waals surface area contributed by atoms with Gasteiger partial charge in [0.2, 0.25) is 0 Å². The van der Waals surface area contributed by atoms with Crippen LogP contribution in [0.15, 0.2) is 0 Å². The predicted molar refractivity (Wildman–Crippen MR) is 147 cm³/mol. The summed E-state index contributed by atoms with van der Waals surface area (Å²) in [4.78, 5) is 10.3. The minimum absolute atomic E-state index is 0.345. The second-order valence-electron chi connectivity index (χ2n) is 9.70. The van der Waals surface area contributed by atoms with Crippen molar-refractivity contribution >= 4 is 5.97 Å². The summed E-state index contributed by atoms with van der Waals surface area (Å²) in [6.07, 6.45) is 26.6. The number of unbranched alkanes of at least 4 members (excludes halogenated alkanes) is 16. The number of hydrogen-bond donors (Lipinski definition) is 2. The first kappa shape index (κ1) is 34.6. The molecule has 0 rings (SSSR count). The predicted octanol–water partition coefficient (Wildman–Crippen LogP) is 9.14. The molecule has 0 radical (unpaired) electrons. The number of aliphatic carboxylic acids is 1. The van der Waals surface area contributed by atoms with E-state index in [1.54, 1.807) is 0 Å². The summed E-state index contributed by atoms with van der Waals surface area (Å²) in [5.41, 5.74) is 3.47. The van der Waals surface area contributed by atoms with Crippen molar-refractivity contribution in [1.29, 1.82) is 0 Å². The molecule has 0 aromatic carbocycles. The maximum absolute atomic E-state index is 10.3. The van der Waals surface area contributed by atoms with Gasteiger partial charge in [-0.2, -0.15) is 0 Å². The van der Waals surface area contributed by atoms with Crippen LogP contribution in [0.2, 0.25) is 0 Å². The fourth-order valence-corrected chi connectivity index (χ4v) is 3.89. The largest absolute Gasteiger partial charge is 0.481 e. The molecule has 0 amide bonds. The lowest BCUT2D eigenvalue weighted by atomic mass is 10.0. The molecule has 0 atom stereocenters. The number of carbonyl (C=O) groups is 1. The standard InChI is InChI=1S/C18H36O2.C11H26N2/c1-2-3-4-5-6-7-8-9-10-11-12-13-14-15-16-17-18(19)20;1-4-7-10-13(11-8-5-2)12-9-6-3/h2-17H2,1H3,(H,19,20);12H,4-11H2,1-3H3. The summed E-state index contributed by atoms with van der Waals surface area (Å²) in [5, 5.41) is 10.9. The Balaban J connectivity index is 0. The molecule has 33 heavy (non-hydrogen) atoms. The molecule has 0 aliphatic rings. The van der Waals surface area contributed by atoms with E-state index < -0.39 is 5.97 Å². The van der Waals surface area contributed by atoms with E-state index in [0.29, 0.717) is 6.42 Å². The highest BCUT2D eigenvalue weighted by atomic mass is 16.4. The molecule has 0 unspecified atom stereocenters. The van der Waals surface area contributed by atoms with Gasteiger partial charge in [0.05, 0.1) is 0 Å². The highest BCUT2D eigenvalue weighted by Crippen LogP contribution is 2.13. The van der Waals surface area contributed by atoms with Crippen LogP contribution in [0.3, 0.4) is 0 Å². The first-order valence-electron chi connectivity index (χ1n) is 14.8. The quantitative estimate of drug-likeness (QED) is 0.103. The van der Waals surface area contributed by atoms with Gasteiger partial charge >= 0.3 is 5.97 Å². The molecule has 0 heterocycles. The highest BCUT2D eigenvalue weighted by molar-refractivity contribution is 5.66. The molecule has 4 heteroatoms. The number of hydrazine groups is 1. The van der Waals surface area contributed by atoms with Gasteiger partial charge in [0, 0.05) is 26.1 Å². The van der Waals surface area contributed by atoms with Gasteiger partial charge in [-0.1, -0.05) is 130 Å². The summed E-state index contributed by atoms with van der Waals surface area (Å²) in [6, 6.07) is 0. The van der Waals surface area contributed by atoms with E-state index in [1.807, 2.05) is 0 Å². The third-order valence-electron chi connectivity index (χ3n) is 6.14. The fourth-order valence-electron chi connectivity index (χ4n) is 3.89. The van der Waals surface area contributed by atoms with Crippen molar-refractivity contribution in [1.82, 2.24) is 10.4 Å². The van der Waals surface area contributed by atoms with E-state index >= 15 is 0 Å². The molecule has 200 valence electrons. The van der Waals surface area contributed by atoms with Crippen LogP contribution in [0.25, 0.3) is 0 Å². The van der Waals surface area contributed by atoms with E-state index in [4.69, 9.17) is 5.11 Å². The number of carboxylic acids is 1. The molecule has 2 N–H and O–H groups in total. The van der Waals surface area contributed by atoms with Gasteiger partial charge in [0.25, 0.3) is 0 Å². The second kappa shape index (κ2) is 31.4. The van der Waals surface area contributed by atoms with Crippen molar-refractivity contribution in [2.45, 2.75) is 163 Å². The van der Waals surface area contributed by atoms with Gasteiger partial charge in [0.15, 0.2) is 0 Å². The first-order valence-corrected chi connectivity index (χ1v) is 14.8. The zero-order valence-electron chi connectivity index (χ0n) is 23.3. The third-order valence-corrected chi connectivity index (χ3v) is 6.14. The van der Waals surface area contributed by atoms with E-state index in [9.17, 15) is 4.79 Å². The van der Waals surface area contributed by atoms with Gasteiger partial charge in [-0.3, -0.25) is 10.2 Å². The van der Waals surface area contributed by atoms with Crippen molar-refractivity contribution in [3.05, 3.63) is 0 Å². The minimum Gasteiger partial charge on any atom is -0.481 e. The minimum atomic E-state index is -0.653. The van der Waals surface area contributed by atoms with E-state index in [-0.39, 0.29) is 0 Å². The Kier molecular flexibility index (Phi) is 32.9. The molecule has 0 fully saturated rings. The molecule has 0 spiro atoms. The van der Waals surface area contributed by atoms with Crippen LogP contribution in [-0.4, -0.2) is 35.7 Å². The molecule has 0 aliphatic carbocycles. The van der Waals surface area contributed by atoms with Crippen LogP contribution in [0.1, 0.15) is 163 Å². The van der Waals surface area contributed by atoms with Crippen molar-refractivity contribution in [3.8, 4) is 0 Å². The average molecular weight is 471 g/mol. The molecule has 0 saturated carbocycles. The lowest BCUT2D eigenvalue weighted by Crippen LogP contribution is -2.39. The van der Waals surface area contributed by atoms with Crippen LogP contribution >= 0.6 is 0 Å². The molecule has 4 nitrogen and oxygen atoms in total. The Hall–Kier alpha value is -0.610. The summed E-state index contributed by atoms with van der Waals surface area (Å²) in [7, 11) is 0. The lowest BCUT2D eigenvalue weighted by Gasteiger charge is -2.22. The lowest BCUT2D eigenvalue weighted by molar-refractivity contribution is -0.137. The monoisotopic (exact) mass is 470 g/mol. The Morgan fingerprint density at radius 2 is 0.909 bits per heavy atom. The molecular formula is C29H62N2O2. The van der Waals surface area contributed by atoms with Gasteiger partial charge < -0.3 is 5.11 Å². The third kappa shape index (κ3) is 33.6. The van der Waals surface area contributed by atoms with E-state index in [2.05, 4.69) is 38.1 Å². The first-order chi connectivity index (χ1) is 16.1. The van der Waals surface area contributed by atoms with Gasteiger partial charge in [-0.25, -0.2) is 5.01 Å². The number of nitrogens with one attached hydrogen (secondary N) is 1. The van der Waals surface area contributed by atoms with Gasteiger partial charge in [0.1, 0.15) is 0 Å². The van der Waals surface area contributed by atoms with E-state index in [0.717, 1.165) is 19.4 Å². The van der Waals surface area contributed by atoms with Gasteiger partial charge in [-0.05, 0) is 25.7 Å². The van der Waals surface area contributed by atoms with Crippen LogP contribution < -0.4 is 5.43 Å². The maximum Gasteiger partial charge on any atom is 0.303 e. The fraction of sp³-hybridized carbons (Fsp3) is 0.966. The normalized spacial score (nSPS) is 10.9. The Morgan fingerprint density at radius 3 is 1.24 bits per heavy atom. The zero-order chi connectivity index (χ0) is 24.8. The number of rotatable bonds is 25. The molecule has 0 bridgehead atoms. The summed E-state index contributed by atoms with van der Waals surface area (Å²) < 4.78 is 0. The average Bonchev–Trinajstić information content (AvgIpc) is 2.81. The van der Waals surface area contributed by atoms with Crippen LogP contribution in [0, 0.1) is 0 Å². The van der Waals surface area contributed by atoms with Crippen molar-refractivity contribution in [2.75, 3.05) is 19.6 Å². The van der Waals surface area contributed by atoms with Crippen LogP contribution in [-0.2, 0) is 4.79 Å². The highest BCUT2D eigenvalue weighted by Gasteiger charge is 2.01. The van der Waals surface area contributed by atoms with Gasteiger partial charge in [-0.15, -0.1) is 0 Å². The number of nitrogens with zero attached hydrogens (tertiary/aromatic N) is 1. The van der Waals surface area contributed by atoms with Crippen LogP contribution in [0.5, 0.6) is 0 Å². The molecule has 0 saturated heterocycles. The summed E-state index contributed by atoms with van der Waals surface area (Å²) >= 11 is 0. The Morgan fingerprint density at radius 1 is 0.545 bits per heavy atom. The second-order valence-corrected chi connectivity index (χ2v) is 9.70. The number of carboxylic acid groups (broad SMARTS) is 1. The van der Waals surface area contributed by atoms with Crippen molar-refractivity contribution < 1.29 is 9.90 Å². The Bertz CT molecular complexity index is 345. The molecule has 0 aliphatic heterocycles. The summed E-state index contributed by atoms with van der Waals surface area (Å²) in [6.45, 7) is 12.5. The molecule has 0 aromatic heterocycles. The van der Waals surface area contributed by atoms with Crippen molar-refractivity contribution in [3.63, 3.8) is 0 Å². The molecular weight excluding hydrogens is 408 g/mol. The maximum atomic E-state index is 10.3. The Labute approximate surface area is 208 Å². The van der Waals surface area contributed by atoms with E-state index in [1.165, 1.54) is 129 Å². The zero-order valence-corrected chi connectivity index (χ0v) is 23.3.